The second-order valence-electron chi connectivity index (χ2n) is 2.99. The molecule has 0 aliphatic rings. The maximum atomic E-state index is 9.31. The van der Waals surface area contributed by atoms with Crippen molar-refractivity contribution in [2.75, 3.05) is 53.4 Å². The van der Waals surface area contributed by atoms with Gasteiger partial charge in [-0.05, 0) is 6.92 Å². The molecule has 0 saturated heterocycles. The van der Waals surface area contributed by atoms with Gasteiger partial charge in [0.15, 0.2) is 0 Å². The zero-order chi connectivity index (χ0) is 11.4. The lowest BCUT2D eigenvalue weighted by molar-refractivity contribution is -0.0333. The molecule has 0 amide bonds. The van der Waals surface area contributed by atoms with Gasteiger partial charge < -0.3 is 24.1 Å². The van der Waals surface area contributed by atoms with Crippen molar-refractivity contribution in [1.29, 1.82) is 0 Å². The summed E-state index contributed by atoms with van der Waals surface area (Å²) in [6.07, 6.45) is -0.552. The number of ether oxygens (including phenoxy) is 4. The fraction of sp³-hybridized carbons (Fsp3) is 1.00. The molecule has 0 rings (SSSR count). The first-order chi connectivity index (χ1) is 7.31. The molecule has 92 valence electrons. The average Bonchev–Trinajstić information content (AvgIpc) is 2.25. The fourth-order valence-electron chi connectivity index (χ4n) is 0.884. The Labute approximate surface area is 91.3 Å². The summed E-state index contributed by atoms with van der Waals surface area (Å²) < 4.78 is 20.2. The van der Waals surface area contributed by atoms with Crippen molar-refractivity contribution in [3.63, 3.8) is 0 Å². The Bertz CT molecular complexity index is 120. The van der Waals surface area contributed by atoms with Crippen LogP contribution in [-0.4, -0.2) is 64.6 Å². The molecule has 0 aromatic carbocycles. The molecule has 0 radical (unpaired) electrons. The van der Waals surface area contributed by atoms with Crippen molar-refractivity contribution in [2.45, 2.75) is 13.0 Å². The van der Waals surface area contributed by atoms with Gasteiger partial charge in [0, 0.05) is 13.7 Å². The molecule has 0 aliphatic carbocycles. The van der Waals surface area contributed by atoms with E-state index in [1.807, 2.05) is 6.92 Å². The molecule has 0 spiro atoms. The summed E-state index contributed by atoms with van der Waals surface area (Å²) in [4.78, 5) is 0. The minimum absolute atomic E-state index is 0.285. The smallest absolute Gasteiger partial charge is 0.101 e. The van der Waals surface area contributed by atoms with E-state index in [2.05, 4.69) is 0 Å². The van der Waals surface area contributed by atoms with E-state index in [0.717, 1.165) is 0 Å². The predicted molar refractivity (Wildman–Crippen MR) is 56.0 cm³/mol. The molecule has 5 heteroatoms. The molecule has 1 N–H and O–H groups in total. The van der Waals surface area contributed by atoms with Crippen LogP contribution < -0.4 is 0 Å². The van der Waals surface area contributed by atoms with E-state index in [9.17, 15) is 5.11 Å². The monoisotopic (exact) mass is 222 g/mol. The Morgan fingerprint density at radius 3 is 2.20 bits per heavy atom. The summed E-state index contributed by atoms with van der Waals surface area (Å²) in [6, 6.07) is 0. The Morgan fingerprint density at radius 1 is 0.933 bits per heavy atom. The van der Waals surface area contributed by atoms with Gasteiger partial charge in [0.1, 0.15) is 6.10 Å². The molecule has 1 atom stereocenters. The third kappa shape index (κ3) is 11.7. The van der Waals surface area contributed by atoms with Crippen LogP contribution in [0.25, 0.3) is 0 Å². The lowest BCUT2D eigenvalue weighted by atomic mass is 10.4. The SMILES string of the molecule is CCOCC(O)COCCOCCOC. The fourth-order valence-corrected chi connectivity index (χ4v) is 0.884. The van der Waals surface area contributed by atoms with Gasteiger partial charge >= 0.3 is 0 Å². The van der Waals surface area contributed by atoms with Crippen molar-refractivity contribution in [1.82, 2.24) is 0 Å². The van der Waals surface area contributed by atoms with Gasteiger partial charge in [-0.1, -0.05) is 0 Å². The number of methoxy groups -OCH3 is 1. The van der Waals surface area contributed by atoms with Gasteiger partial charge in [-0.3, -0.25) is 0 Å². The lowest BCUT2D eigenvalue weighted by Gasteiger charge is -2.11. The highest BCUT2D eigenvalue weighted by Crippen LogP contribution is 1.88. The zero-order valence-corrected chi connectivity index (χ0v) is 9.61. The van der Waals surface area contributed by atoms with Crippen LogP contribution in [0.15, 0.2) is 0 Å². The molecule has 0 bridgehead atoms. The summed E-state index contributed by atoms with van der Waals surface area (Å²) in [5.41, 5.74) is 0. The zero-order valence-electron chi connectivity index (χ0n) is 9.61. The molecule has 0 aromatic rings. The van der Waals surface area contributed by atoms with Gasteiger partial charge in [-0.25, -0.2) is 0 Å². The van der Waals surface area contributed by atoms with Crippen LogP contribution >= 0.6 is 0 Å². The average molecular weight is 222 g/mol. The molecule has 1 unspecified atom stereocenters. The molecule has 5 nitrogen and oxygen atoms in total. The Balaban J connectivity index is 3.02. The molecule has 0 aliphatic heterocycles. The number of aliphatic hydroxyl groups is 1. The largest absolute Gasteiger partial charge is 0.388 e. The Morgan fingerprint density at radius 2 is 1.53 bits per heavy atom. The van der Waals surface area contributed by atoms with E-state index in [1.54, 1.807) is 7.11 Å². The van der Waals surface area contributed by atoms with E-state index < -0.39 is 6.10 Å². The molecular weight excluding hydrogens is 200 g/mol. The summed E-state index contributed by atoms with van der Waals surface area (Å²) in [6.45, 7) is 5.26. The molecule has 0 aromatic heterocycles. The van der Waals surface area contributed by atoms with Gasteiger partial charge in [0.25, 0.3) is 0 Å². The maximum Gasteiger partial charge on any atom is 0.101 e. The second-order valence-corrected chi connectivity index (χ2v) is 2.99. The van der Waals surface area contributed by atoms with Crippen LogP contribution in [0.2, 0.25) is 0 Å². The first-order valence-electron chi connectivity index (χ1n) is 5.21. The van der Waals surface area contributed by atoms with Crippen molar-refractivity contribution in [3.05, 3.63) is 0 Å². The van der Waals surface area contributed by atoms with Crippen molar-refractivity contribution in [2.24, 2.45) is 0 Å². The molecule has 0 heterocycles. The summed E-state index contributed by atoms with van der Waals surface area (Å²) in [5, 5.41) is 9.31. The van der Waals surface area contributed by atoms with Crippen molar-refractivity contribution >= 4 is 0 Å². The summed E-state index contributed by atoms with van der Waals surface area (Å²) >= 11 is 0. The van der Waals surface area contributed by atoms with Gasteiger partial charge in [-0.15, -0.1) is 0 Å². The predicted octanol–water partition coefficient (Wildman–Crippen LogP) is 0.0634. The van der Waals surface area contributed by atoms with Crippen LogP contribution in [0.5, 0.6) is 0 Å². The lowest BCUT2D eigenvalue weighted by Crippen LogP contribution is -2.23. The van der Waals surface area contributed by atoms with E-state index in [4.69, 9.17) is 18.9 Å². The maximum absolute atomic E-state index is 9.31. The molecule has 0 saturated carbocycles. The number of hydrogen-bond donors (Lipinski definition) is 1. The van der Waals surface area contributed by atoms with E-state index in [1.165, 1.54) is 0 Å². The summed E-state index contributed by atoms with van der Waals surface area (Å²) in [5.74, 6) is 0. The summed E-state index contributed by atoms with van der Waals surface area (Å²) in [7, 11) is 1.63. The molecular formula is C10H22O5. The van der Waals surface area contributed by atoms with Gasteiger partial charge in [0.05, 0.1) is 39.6 Å². The van der Waals surface area contributed by atoms with Crippen LogP contribution in [0.3, 0.4) is 0 Å². The highest BCUT2D eigenvalue weighted by Gasteiger charge is 2.03. The number of rotatable bonds is 11. The standard InChI is InChI=1S/C10H22O5/c1-3-13-8-10(11)9-15-7-6-14-5-4-12-2/h10-11H,3-9H2,1-2H3. The minimum atomic E-state index is -0.552. The minimum Gasteiger partial charge on any atom is -0.388 e. The third-order valence-electron chi connectivity index (χ3n) is 1.63. The molecule has 0 fully saturated rings. The van der Waals surface area contributed by atoms with Gasteiger partial charge in [0.2, 0.25) is 0 Å². The Hall–Kier alpha value is -0.200. The highest BCUT2D eigenvalue weighted by molar-refractivity contribution is 4.50. The second kappa shape index (κ2) is 11.9. The first-order valence-corrected chi connectivity index (χ1v) is 5.21. The highest BCUT2D eigenvalue weighted by atomic mass is 16.5. The molecule has 15 heavy (non-hydrogen) atoms. The number of aliphatic hydroxyl groups excluding tert-OH is 1. The van der Waals surface area contributed by atoms with Crippen molar-refractivity contribution < 1.29 is 24.1 Å². The van der Waals surface area contributed by atoms with Gasteiger partial charge in [-0.2, -0.15) is 0 Å². The number of hydrogen-bond acceptors (Lipinski definition) is 5. The van der Waals surface area contributed by atoms with Crippen LogP contribution in [0, 0.1) is 0 Å². The first kappa shape index (κ1) is 14.8. The quantitative estimate of drug-likeness (QED) is 0.501. The topological polar surface area (TPSA) is 57.2 Å². The normalized spacial score (nSPS) is 13.0. The van der Waals surface area contributed by atoms with Crippen LogP contribution in [0.1, 0.15) is 6.92 Å². The Kier molecular flexibility index (Phi) is 11.7. The van der Waals surface area contributed by atoms with Crippen molar-refractivity contribution in [3.8, 4) is 0 Å². The van der Waals surface area contributed by atoms with Crippen LogP contribution in [-0.2, 0) is 18.9 Å². The van der Waals surface area contributed by atoms with Crippen LogP contribution in [0.4, 0.5) is 0 Å². The van der Waals surface area contributed by atoms with E-state index >= 15 is 0 Å². The van der Waals surface area contributed by atoms with E-state index in [-0.39, 0.29) is 6.61 Å². The third-order valence-corrected chi connectivity index (χ3v) is 1.63. The van der Waals surface area contributed by atoms with E-state index in [0.29, 0.717) is 39.6 Å².